The van der Waals surface area contributed by atoms with Crippen LogP contribution in [0, 0.1) is 0 Å². The summed E-state index contributed by atoms with van der Waals surface area (Å²) in [5, 5.41) is 0. The lowest BCUT2D eigenvalue weighted by Gasteiger charge is -2.29. The minimum absolute atomic E-state index is 0.0596. The van der Waals surface area contributed by atoms with Gasteiger partial charge in [-0.05, 0) is 51.0 Å². The third-order valence-electron chi connectivity index (χ3n) is 4.21. The van der Waals surface area contributed by atoms with Crippen molar-refractivity contribution >= 4 is 11.8 Å². The highest BCUT2D eigenvalue weighted by molar-refractivity contribution is 5.98. The van der Waals surface area contributed by atoms with E-state index < -0.39 is 0 Å². The highest BCUT2D eigenvalue weighted by Gasteiger charge is 2.36. The van der Waals surface area contributed by atoms with Crippen molar-refractivity contribution in [1.29, 1.82) is 0 Å². The first kappa shape index (κ1) is 16.3. The van der Waals surface area contributed by atoms with Crippen molar-refractivity contribution in [2.45, 2.75) is 32.7 Å². The number of likely N-dealkylation sites (tertiary alicyclic amines) is 1. The molecular formula is C17H24N2O3. The predicted octanol–water partition coefficient (Wildman–Crippen LogP) is 2.17. The second kappa shape index (κ2) is 7.29. The van der Waals surface area contributed by atoms with Crippen molar-refractivity contribution in [2.24, 2.45) is 0 Å². The van der Waals surface area contributed by atoms with Crippen LogP contribution < -0.4 is 4.74 Å². The third kappa shape index (κ3) is 3.24. The summed E-state index contributed by atoms with van der Waals surface area (Å²) in [6.07, 6.45) is 1.62. The molecule has 0 aliphatic carbocycles. The lowest BCUT2D eigenvalue weighted by atomic mass is 10.1. The molecular weight excluding hydrogens is 280 g/mol. The molecule has 0 N–H and O–H groups in total. The van der Waals surface area contributed by atoms with Gasteiger partial charge in [0.2, 0.25) is 5.91 Å². The van der Waals surface area contributed by atoms with Crippen LogP contribution in [0.15, 0.2) is 24.3 Å². The van der Waals surface area contributed by atoms with E-state index in [-0.39, 0.29) is 17.9 Å². The van der Waals surface area contributed by atoms with E-state index in [0.29, 0.717) is 30.9 Å². The van der Waals surface area contributed by atoms with E-state index in [1.807, 2.05) is 13.8 Å². The molecule has 5 heteroatoms. The normalized spacial score (nSPS) is 17.4. The molecule has 0 saturated carbocycles. The van der Waals surface area contributed by atoms with Gasteiger partial charge in [0.1, 0.15) is 11.8 Å². The summed E-state index contributed by atoms with van der Waals surface area (Å²) >= 11 is 0. The average Bonchev–Trinajstić information content (AvgIpc) is 3.04. The van der Waals surface area contributed by atoms with Gasteiger partial charge in [-0.15, -0.1) is 0 Å². The van der Waals surface area contributed by atoms with Crippen LogP contribution in [-0.4, -0.2) is 54.4 Å². The molecule has 1 aliphatic rings. The molecule has 0 bridgehead atoms. The first-order valence-electron chi connectivity index (χ1n) is 7.86. The average molecular weight is 304 g/mol. The molecule has 1 aromatic carbocycles. The van der Waals surface area contributed by atoms with E-state index in [1.54, 1.807) is 41.2 Å². The van der Waals surface area contributed by atoms with Gasteiger partial charge in [-0.2, -0.15) is 0 Å². The van der Waals surface area contributed by atoms with E-state index in [1.165, 1.54) is 0 Å². The quantitative estimate of drug-likeness (QED) is 0.837. The zero-order valence-electron chi connectivity index (χ0n) is 13.5. The number of hydrogen-bond donors (Lipinski definition) is 0. The number of rotatable bonds is 5. The smallest absolute Gasteiger partial charge is 0.254 e. The summed E-state index contributed by atoms with van der Waals surface area (Å²) in [7, 11) is 1.59. The SMILES string of the molecule is CCN(CC)C(=O)[C@H]1CCCN1C(=O)c1ccc(OC)cc1. The zero-order chi connectivity index (χ0) is 16.1. The Morgan fingerprint density at radius 3 is 2.41 bits per heavy atom. The lowest BCUT2D eigenvalue weighted by Crippen LogP contribution is -2.47. The van der Waals surface area contributed by atoms with Crippen molar-refractivity contribution < 1.29 is 14.3 Å². The number of carbonyl (C=O) groups is 2. The predicted molar refractivity (Wildman–Crippen MR) is 85.0 cm³/mol. The van der Waals surface area contributed by atoms with Crippen LogP contribution in [0.4, 0.5) is 0 Å². The molecule has 1 aromatic rings. The molecule has 0 radical (unpaired) electrons. The second-order valence-electron chi connectivity index (χ2n) is 5.40. The fourth-order valence-corrected chi connectivity index (χ4v) is 2.91. The van der Waals surface area contributed by atoms with E-state index in [2.05, 4.69) is 0 Å². The van der Waals surface area contributed by atoms with E-state index in [0.717, 1.165) is 12.8 Å². The Hall–Kier alpha value is -2.04. The van der Waals surface area contributed by atoms with Gasteiger partial charge < -0.3 is 14.5 Å². The molecule has 120 valence electrons. The molecule has 1 atom stereocenters. The highest BCUT2D eigenvalue weighted by atomic mass is 16.5. The molecule has 1 aliphatic heterocycles. The summed E-state index contributed by atoms with van der Waals surface area (Å²) in [6, 6.07) is 6.71. The van der Waals surface area contributed by atoms with Crippen LogP contribution in [0.1, 0.15) is 37.0 Å². The number of amides is 2. The molecule has 1 saturated heterocycles. The molecule has 22 heavy (non-hydrogen) atoms. The van der Waals surface area contributed by atoms with Crippen LogP contribution in [0.5, 0.6) is 5.75 Å². The van der Waals surface area contributed by atoms with Gasteiger partial charge in [-0.25, -0.2) is 0 Å². The van der Waals surface area contributed by atoms with Gasteiger partial charge in [0.25, 0.3) is 5.91 Å². The van der Waals surface area contributed by atoms with Gasteiger partial charge >= 0.3 is 0 Å². The fourth-order valence-electron chi connectivity index (χ4n) is 2.91. The van der Waals surface area contributed by atoms with Crippen LogP contribution in [0.2, 0.25) is 0 Å². The highest BCUT2D eigenvalue weighted by Crippen LogP contribution is 2.23. The van der Waals surface area contributed by atoms with Crippen LogP contribution in [0.3, 0.4) is 0 Å². The monoisotopic (exact) mass is 304 g/mol. The number of likely N-dealkylation sites (N-methyl/N-ethyl adjacent to an activating group) is 1. The molecule has 0 aromatic heterocycles. The summed E-state index contributed by atoms with van der Waals surface area (Å²) in [6.45, 7) is 5.92. The number of methoxy groups -OCH3 is 1. The summed E-state index contributed by atoms with van der Waals surface area (Å²) < 4.78 is 5.11. The van der Waals surface area contributed by atoms with Crippen LogP contribution in [0.25, 0.3) is 0 Å². The molecule has 2 amide bonds. The van der Waals surface area contributed by atoms with Gasteiger partial charge in [0, 0.05) is 25.2 Å². The van der Waals surface area contributed by atoms with Gasteiger partial charge in [-0.1, -0.05) is 0 Å². The second-order valence-corrected chi connectivity index (χ2v) is 5.40. The maximum absolute atomic E-state index is 12.7. The zero-order valence-corrected chi connectivity index (χ0v) is 13.5. The van der Waals surface area contributed by atoms with Gasteiger partial charge in [-0.3, -0.25) is 9.59 Å². The van der Waals surface area contributed by atoms with E-state index >= 15 is 0 Å². The van der Waals surface area contributed by atoms with Gasteiger partial charge in [0.05, 0.1) is 7.11 Å². The number of hydrogen-bond acceptors (Lipinski definition) is 3. The first-order chi connectivity index (χ1) is 10.6. The summed E-state index contributed by atoms with van der Waals surface area (Å²) in [5.74, 6) is 0.698. The summed E-state index contributed by atoms with van der Waals surface area (Å²) in [5.41, 5.74) is 0.597. The maximum Gasteiger partial charge on any atom is 0.254 e. The van der Waals surface area contributed by atoms with Crippen molar-refractivity contribution in [3.05, 3.63) is 29.8 Å². The Kier molecular flexibility index (Phi) is 5.41. The number of carbonyl (C=O) groups excluding carboxylic acids is 2. The minimum atomic E-state index is -0.325. The number of nitrogens with zero attached hydrogens (tertiary/aromatic N) is 2. The molecule has 1 fully saturated rings. The fraction of sp³-hybridized carbons (Fsp3) is 0.529. The maximum atomic E-state index is 12.7. The van der Waals surface area contributed by atoms with Crippen molar-refractivity contribution in [3.63, 3.8) is 0 Å². The number of ether oxygens (including phenoxy) is 1. The van der Waals surface area contributed by atoms with Crippen LogP contribution >= 0.6 is 0 Å². The molecule has 1 heterocycles. The first-order valence-corrected chi connectivity index (χ1v) is 7.86. The Balaban J connectivity index is 2.15. The minimum Gasteiger partial charge on any atom is -0.497 e. The molecule has 2 rings (SSSR count). The Morgan fingerprint density at radius 2 is 1.86 bits per heavy atom. The number of benzene rings is 1. The Bertz CT molecular complexity index is 523. The van der Waals surface area contributed by atoms with E-state index in [9.17, 15) is 9.59 Å². The van der Waals surface area contributed by atoms with Crippen molar-refractivity contribution in [1.82, 2.24) is 9.80 Å². The third-order valence-corrected chi connectivity index (χ3v) is 4.21. The Labute approximate surface area is 131 Å². The van der Waals surface area contributed by atoms with Gasteiger partial charge in [0.15, 0.2) is 0 Å². The van der Waals surface area contributed by atoms with E-state index in [4.69, 9.17) is 4.74 Å². The summed E-state index contributed by atoms with van der Waals surface area (Å²) in [4.78, 5) is 28.7. The van der Waals surface area contributed by atoms with Crippen LogP contribution in [-0.2, 0) is 4.79 Å². The molecule has 0 spiro atoms. The van der Waals surface area contributed by atoms with Crippen molar-refractivity contribution in [3.8, 4) is 5.75 Å². The largest absolute Gasteiger partial charge is 0.497 e. The topological polar surface area (TPSA) is 49.9 Å². The lowest BCUT2D eigenvalue weighted by molar-refractivity contribution is -0.134. The molecule has 5 nitrogen and oxygen atoms in total. The molecule has 0 unspecified atom stereocenters. The standard InChI is InChI=1S/C17H24N2O3/c1-4-18(5-2)17(21)15-7-6-12-19(15)16(20)13-8-10-14(22-3)11-9-13/h8-11,15H,4-7,12H2,1-3H3/t15-/m1/s1. The van der Waals surface area contributed by atoms with Crippen molar-refractivity contribution in [2.75, 3.05) is 26.7 Å². The Morgan fingerprint density at radius 1 is 1.23 bits per heavy atom.